The molecular weight excluding hydrogens is 212 g/mol. The molecule has 1 aromatic rings. The van der Waals surface area contributed by atoms with E-state index in [0.717, 1.165) is 0 Å². The Hall–Kier alpha value is -1.51. The van der Waals surface area contributed by atoms with Crippen molar-refractivity contribution < 1.29 is 8.42 Å². The zero-order valence-electron chi connectivity index (χ0n) is 8.32. The number of aryl methyl sites for hydroxylation is 1. The summed E-state index contributed by atoms with van der Waals surface area (Å²) in [6.45, 7) is 1.67. The van der Waals surface area contributed by atoms with Crippen LogP contribution in [0.2, 0.25) is 0 Å². The van der Waals surface area contributed by atoms with Crippen molar-refractivity contribution in [2.45, 2.75) is 11.8 Å². The first-order chi connectivity index (χ1) is 6.97. The smallest absolute Gasteiger partial charge is 0.241 e. The highest BCUT2D eigenvalue weighted by Gasteiger charge is 2.15. The van der Waals surface area contributed by atoms with Crippen molar-refractivity contribution in [3.8, 4) is 12.3 Å². The lowest BCUT2D eigenvalue weighted by molar-refractivity contribution is 0.585. The highest BCUT2D eigenvalue weighted by molar-refractivity contribution is 7.89. The molecule has 5 heteroatoms. The molecule has 0 aliphatic rings. The molecule has 0 spiro atoms. The van der Waals surface area contributed by atoms with Gasteiger partial charge in [-0.3, -0.25) is 0 Å². The SMILES string of the molecule is C#CCNS(=O)(=O)c1cc(N)ccc1C. The molecule has 0 aliphatic heterocycles. The number of nitrogens with one attached hydrogen (secondary N) is 1. The number of hydrogen-bond acceptors (Lipinski definition) is 3. The Balaban J connectivity index is 3.16. The second-order valence-electron chi connectivity index (χ2n) is 3.05. The van der Waals surface area contributed by atoms with Gasteiger partial charge in [0.1, 0.15) is 0 Å². The second-order valence-corrected chi connectivity index (χ2v) is 4.79. The molecule has 0 unspecified atom stereocenters. The average molecular weight is 224 g/mol. The first kappa shape index (κ1) is 11.6. The van der Waals surface area contributed by atoms with Crippen LogP contribution in [0.3, 0.4) is 0 Å². The monoisotopic (exact) mass is 224 g/mol. The molecule has 0 fully saturated rings. The second kappa shape index (κ2) is 4.34. The summed E-state index contributed by atoms with van der Waals surface area (Å²) in [4.78, 5) is 0.165. The average Bonchev–Trinajstić information content (AvgIpc) is 2.18. The fraction of sp³-hybridized carbons (Fsp3) is 0.200. The summed E-state index contributed by atoms with van der Waals surface area (Å²) >= 11 is 0. The Morgan fingerprint density at radius 2 is 2.20 bits per heavy atom. The number of terminal acetylenes is 1. The van der Waals surface area contributed by atoms with Crippen molar-refractivity contribution in [2.75, 3.05) is 12.3 Å². The highest BCUT2D eigenvalue weighted by atomic mass is 32.2. The summed E-state index contributed by atoms with van der Waals surface area (Å²) in [6.07, 6.45) is 4.98. The molecule has 0 bridgehead atoms. The molecular formula is C10H12N2O2S. The van der Waals surface area contributed by atoms with Crippen molar-refractivity contribution in [3.63, 3.8) is 0 Å². The van der Waals surface area contributed by atoms with E-state index in [1.807, 2.05) is 0 Å². The van der Waals surface area contributed by atoms with Crippen LogP contribution in [0, 0.1) is 19.3 Å². The van der Waals surface area contributed by atoms with Crippen LogP contribution in [-0.2, 0) is 10.0 Å². The Bertz CT molecular complexity index is 501. The maximum Gasteiger partial charge on any atom is 0.241 e. The topological polar surface area (TPSA) is 72.2 Å². The molecule has 15 heavy (non-hydrogen) atoms. The van der Waals surface area contributed by atoms with Gasteiger partial charge in [0.05, 0.1) is 11.4 Å². The first-order valence-electron chi connectivity index (χ1n) is 4.26. The Kier molecular flexibility index (Phi) is 3.35. The standard InChI is InChI=1S/C10H12N2O2S/c1-3-6-12-15(13,14)10-7-9(11)5-4-8(10)2/h1,4-5,7,12H,6,11H2,2H3. The molecule has 3 N–H and O–H groups in total. The van der Waals surface area contributed by atoms with Crippen molar-refractivity contribution in [1.82, 2.24) is 4.72 Å². The molecule has 80 valence electrons. The van der Waals surface area contributed by atoms with E-state index in [1.165, 1.54) is 6.07 Å². The molecule has 1 rings (SSSR count). The normalized spacial score (nSPS) is 10.9. The first-order valence-corrected chi connectivity index (χ1v) is 5.75. The zero-order valence-corrected chi connectivity index (χ0v) is 9.14. The maximum atomic E-state index is 11.7. The van der Waals surface area contributed by atoms with Gasteiger partial charge in [-0.25, -0.2) is 8.42 Å². The van der Waals surface area contributed by atoms with Crippen molar-refractivity contribution >= 4 is 15.7 Å². The van der Waals surface area contributed by atoms with Crippen LogP contribution < -0.4 is 10.5 Å². The van der Waals surface area contributed by atoms with Gasteiger partial charge in [0.2, 0.25) is 10.0 Å². The van der Waals surface area contributed by atoms with E-state index in [4.69, 9.17) is 12.2 Å². The van der Waals surface area contributed by atoms with Crippen LogP contribution in [0.4, 0.5) is 5.69 Å². The minimum absolute atomic E-state index is 0.0312. The van der Waals surface area contributed by atoms with Gasteiger partial charge < -0.3 is 5.73 Å². The highest BCUT2D eigenvalue weighted by Crippen LogP contribution is 2.17. The van der Waals surface area contributed by atoms with E-state index in [0.29, 0.717) is 11.3 Å². The minimum atomic E-state index is -3.55. The van der Waals surface area contributed by atoms with Crippen LogP contribution >= 0.6 is 0 Å². The quantitative estimate of drug-likeness (QED) is 0.579. The summed E-state index contributed by atoms with van der Waals surface area (Å²) in [5.41, 5.74) is 6.56. The predicted octanol–water partition coefficient (Wildman–Crippen LogP) is 0.489. The molecule has 0 amide bonds. The van der Waals surface area contributed by atoms with Crippen LogP contribution in [-0.4, -0.2) is 15.0 Å². The van der Waals surface area contributed by atoms with Gasteiger partial charge in [0, 0.05) is 5.69 Å². The zero-order chi connectivity index (χ0) is 11.5. The van der Waals surface area contributed by atoms with Crippen LogP contribution in [0.5, 0.6) is 0 Å². The fourth-order valence-electron chi connectivity index (χ4n) is 1.12. The van der Waals surface area contributed by atoms with Crippen molar-refractivity contribution in [3.05, 3.63) is 23.8 Å². The fourth-order valence-corrected chi connectivity index (χ4v) is 2.33. The molecule has 0 atom stereocenters. The summed E-state index contributed by atoms with van der Waals surface area (Å²) in [5, 5.41) is 0. The lowest BCUT2D eigenvalue weighted by atomic mass is 10.2. The number of benzene rings is 1. The molecule has 4 nitrogen and oxygen atoms in total. The van der Waals surface area contributed by atoms with Crippen molar-refractivity contribution in [2.24, 2.45) is 0 Å². The Morgan fingerprint density at radius 1 is 1.53 bits per heavy atom. The lowest BCUT2D eigenvalue weighted by Crippen LogP contribution is -2.24. The molecule has 1 aromatic carbocycles. The maximum absolute atomic E-state index is 11.7. The number of hydrogen-bond donors (Lipinski definition) is 2. The summed E-state index contributed by atoms with van der Waals surface area (Å²) in [7, 11) is -3.55. The molecule has 0 radical (unpaired) electrons. The number of nitrogens with two attached hydrogens (primary N) is 1. The van der Waals surface area contributed by atoms with Gasteiger partial charge >= 0.3 is 0 Å². The third-order valence-corrected chi connectivity index (χ3v) is 3.41. The Labute approximate surface area is 89.5 Å². The van der Waals surface area contributed by atoms with Gasteiger partial charge in [-0.1, -0.05) is 12.0 Å². The number of rotatable bonds is 3. The third kappa shape index (κ3) is 2.72. The van der Waals surface area contributed by atoms with Gasteiger partial charge in [-0.05, 0) is 24.6 Å². The molecule has 0 heterocycles. The minimum Gasteiger partial charge on any atom is -0.399 e. The van der Waals surface area contributed by atoms with Crippen LogP contribution in [0.1, 0.15) is 5.56 Å². The predicted molar refractivity (Wildman–Crippen MR) is 59.6 cm³/mol. The van der Waals surface area contributed by atoms with Gasteiger partial charge in [0.15, 0.2) is 0 Å². The van der Waals surface area contributed by atoms with E-state index in [-0.39, 0.29) is 11.4 Å². The molecule has 0 aliphatic carbocycles. The molecule has 0 saturated heterocycles. The van der Waals surface area contributed by atoms with E-state index >= 15 is 0 Å². The van der Waals surface area contributed by atoms with Crippen LogP contribution in [0.25, 0.3) is 0 Å². The van der Waals surface area contributed by atoms with Crippen LogP contribution in [0.15, 0.2) is 23.1 Å². The lowest BCUT2D eigenvalue weighted by Gasteiger charge is -2.07. The van der Waals surface area contributed by atoms with E-state index in [1.54, 1.807) is 19.1 Å². The van der Waals surface area contributed by atoms with Gasteiger partial charge in [-0.15, -0.1) is 6.42 Å². The summed E-state index contributed by atoms with van der Waals surface area (Å²) < 4.78 is 25.7. The summed E-state index contributed by atoms with van der Waals surface area (Å²) in [6, 6.07) is 4.71. The van der Waals surface area contributed by atoms with Gasteiger partial charge in [0.25, 0.3) is 0 Å². The number of anilines is 1. The summed E-state index contributed by atoms with van der Waals surface area (Å²) in [5.74, 6) is 2.21. The van der Waals surface area contributed by atoms with Crippen molar-refractivity contribution in [1.29, 1.82) is 0 Å². The largest absolute Gasteiger partial charge is 0.399 e. The molecule has 0 saturated carbocycles. The number of nitrogen functional groups attached to an aromatic ring is 1. The number of sulfonamides is 1. The van der Waals surface area contributed by atoms with E-state index in [9.17, 15) is 8.42 Å². The van der Waals surface area contributed by atoms with E-state index in [2.05, 4.69) is 10.6 Å². The molecule has 0 aromatic heterocycles. The Morgan fingerprint density at radius 3 is 2.80 bits per heavy atom. The van der Waals surface area contributed by atoms with E-state index < -0.39 is 10.0 Å². The third-order valence-electron chi connectivity index (χ3n) is 1.87. The van der Waals surface area contributed by atoms with Gasteiger partial charge in [-0.2, -0.15) is 4.72 Å².